The predicted octanol–water partition coefficient (Wildman–Crippen LogP) is 2.28. The molecule has 0 unspecified atom stereocenters. The Hall–Kier alpha value is -2.21. The smallest absolute Gasteiger partial charge is 0.271 e. The topological polar surface area (TPSA) is 96.7 Å². The summed E-state index contributed by atoms with van der Waals surface area (Å²) in [6.45, 7) is 3.36. The normalized spacial score (nSPS) is 20.8. The van der Waals surface area contributed by atoms with Gasteiger partial charge in [0.05, 0.1) is 0 Å². The van der Waals surface area contributed by atoms with E-state index in [0.717, 1.165) is 30.6 Å². The Morgan fingerprint density at radius 2 is 2.08 bits per heavy atom. The Labute approximate surface area is 142 Å². The van der Waals surface area contributed by atoms with E-state index in [1.165, 1.54) is 12.8 Å². The van der Waals surface area contributed by atoms with Crippen LogP contribution in [0, 0.1) is 18.8 Å². The van der Waals surface area contributed by atoms with Crippen LogP contribution in [0.2, 0.25) is 0 Å². The molecule has 0 bridgehead atoms. The molecule has 6 nitrogen and oxygen atoms in total. The minimum Gasteiger partial charge on any atom is -0.350 e. The van der Waals surface area contributed by atoms with Gasteiger partial charge in [0, 0.05) is 30.2 Å². The van der Waals surface area contributed by atoms with E-state index in [9.17, 15) is 4.79 Å². The predicted molar refractivity (Wildman–Crippen MR) is 93.4 cm³/mol. The Morgan fingerprint density at radius 3 is 2.75 bits per heavy atom. The molecule has 1 aliphatic rings. The summed E-state index contributed by atoms with van der Waals surface area (Å²) >= 11 is 0. The molecule has 1 amide bonds. The standard InChI is InChI=1S/C18H25N5O/c1-12-16(23-17(22-12)15-3-2-8-20-11-15)18(24)21-10-14-6-4-13(9-19)5-7-14/h2-3,8,11,13-14H,4-7,9-10,19H2,1H3,(H,21,24)(H,22,23). The molecule has 2 heterocycles. The van der Waals surface area contributed by atoms with Gasteiger partial charge in [-0.1, -0.05) is 0 Å². The number of amides is 1. The van der Waals surface area contributed by atoms with Crippen LogP contribution >= 0.6 is 0 Å². The van der Waals surface area contributed by atoms with Crippen LogP contribution in [0.5, 0.6) is 0 Å². The summed E-state index contributed by atoms with van der Waals surface area (Å²) in [5.74, 6) is 1.77. The zero-order valence-electron chi connectivity index (χ0n) is 14.1. The lowest BCUT2D eigenvalue weighted by atomic mass is 9.82. The summed E-state index contributed by atoms with van der Waals surface area (Å²) in [4.78, 5) is 24.1. The van der Waals surface area contributed by atoms with Gasteiger partial charge in [0.25, 0.3) is 5.91 Å². The number of nitrogens with zero attached hydrogens (tertiary/aromatic N) is 2. The summed E-state index contributed by atoms with van der Waals surface area (Å²) in [5.41, 5.74) is 7.84. The lowest BCUT2D eigenvalue weighted by molar-refractivity contribution is 0.0936. The third-order valence-electron chi connectivity index (χ3n) is 4.89. The number of hydrogen-bond acceptors (Lipinski definition) is 4. The summed E-state index contributed by atoms with van der Waals surface area (Å²) in [6, 6.07) is 3.77. The van der Waals surface area contributed by atoms with Crippen molar-refractivity contribution < 1.29 is 4.79 Å². The van der Waals surface area contributed by atoms with Crippen LogP contribution in [0.15, 0.2) is 24.5 Å². The fourth-order valence-electron chi connectivity index (χ4n) is 3.31. The van der Waals surface area contributed by atoms with Gasteiger partial charge in [0.2, 0.25) is 0 Å². The highest BCUT2D eigenvalue weighted by Crippen LogP contribution is 2.27. The molecule has 0 spiro atoms. The fourth-order valence-corrected chi connectivity index (χ4v) is 3.31. The number of carbonyl (C=O) groups is 1. The van der Waals surface area contributed by atoms with Crippen LogP contribution < -0.4 is 11.1 Å². The maximum Gasteiger partial charge on any atom is 0.271 e. The fraction of sp³-hybridized carbons (Fsp3) is 0.500. The second-order valence-electron chi connectivity index (χ2n) is 6.63. The number of imidazole rings is 1. The van der Waals surface area contributed by atoms with Crippen molar-refractivity contribution >= 4 is 5.91 Å². The highest BCUT2D eigenvalue weighted by Gasteiger charge is 2.22. The molecule has 1 aliphatic carbocycles. The number of carbonyl (C=O) groups excluding carboxylic acids is 1. The van der Waals surface area contributed by atoms with Crippen LogP contribution in [0.3, 0.4) is 0 Å². The van der Waals surface area contributed by atoms with Gasteiger partial charge in [-0.3, -0.25) is 9.78 Å². The summed E-state index contributed by atoms with van der Waals surface area (Å²) in [5, 5.41) is 3.04. The Balaban J connectivity index is 1.59. The van der Waals surface area contributed by atoms with Crippen molar-refractivity contribution in [2.75, 3.05) is 13.1 Å². The molecule has 128 valence electrons. The Bertz CT molecular complexity index is 674. The maximum absolute atomic E-state index is 12.4. The van der Waals surface area contributed by atoms with Crippen molar-refractivity contribution in [2.24, 2.45) is 17.6 Å². The number of nitrogens with two attached hydrogens (primary N) is 1. The van der Waals surface area contributed by atoms with Crippen LogP contribution in [-0.2, 0) is 0 Å². The Kier molecular flexibility index (Phi) is 5.25. The van der Waals surface area contributed by atoms with E-state index >= 15 is 0 Å². The average molecular weight is 327 g/mol. The summed E-state index contributed by atoms with van der Waals surface area (Å²) < 4.78 is 0. The molecule has 0 saturated heterocycles. The van der Waals surface area contributed by atoms with Gasteiger partial charge in [0.15, 0.2) is 0 Å². The van der Waals surface area contributed by atoms with Crippen molar-refractivity contribution in [3.05, 3.63) is 35.9 Å². The van der Waals surface area contributed by atoms with E-state index in [2.05, 4.69) is 20.3 Å². The van der Waals surface area contributed by atoms with Crippen molar-refractivity contribution in [3.8, 4) is 11.4 Å². The minimum atomic E-state index is -0.111. The molecule has 1 fully saturated rings. The van der Waals surface area contributed by atoms with E-state index in [1.807, 2.05) is 19.1 Å². The van der Waals surface area contributed by atoms with Crippen molar-refractivity contribution in [3.63, 3.8) is 0 Å². The molecule has 0 aromatic carbocycles. The summed E-state index contributed by atoms with van der Waals surface area (Å²) in [6.07, 6.45) is 8.07. The van der Waals surface area contributed by atoms with Gasteiger partial charge >= 0.3 is 0 Å². The van der Waals surface area contributed by atoms with Gasteiger partial charge in [-0.05, 0) is 63.1 Å². The highest BCUT2D eigenvalue weighted by atomic mass is 16.1. The maximum atomic E-state index is 12.4. The molecule has 3 rings (SSSR count). The first-order chi connectivity index (χ1) is 11.7. The summed E-state index contributed by atoms with van der Waals surface area (Å²) in [7, 11) is 0. The van der Waals surface area contributed by atoms with Gasteiger partial charge in [0.1, 0.15) is 11.5 Å². The van der Waals surface area contributed by atoms with E-state index in [0.29, 0.717) is 29.9 Å². The van der Waals surface area contributed by atoms with E-state index in [1.54, 1.807) is 12.4 Å². The average Bonchev–Trinajstić information content (AvgIpc) is 3.03. The first-order valence-corrected chi connectivity index (χ1v) is 8.62. The van der Waals surface area contributed by atoms with Gasteiger partial charge in [-0.25, -0.2) is 4.98 Å². The molecular formula is C18H25N5O. The number of hydrogen-bond donors (Lipinski definition) is 3. The van der Waals surface area contributed by atoms with Crippen molar-refractivity contribution in [1.29, 1.82) is 0 Å². The highest BCUT2D eigenvalue weighted by molar-refractivity contribution is 5.94. The third-order valence-corrected chi connectivity index (χ3v) is 4.89. The molecule has 24 heavy (non-hydrogen) atoms. The van der Waals surface area contributed by atoms with Crippen LogP contribution in [0.4, 0.5) is 0 Å². The molecule has 0 radical (unpaired) electrons. The number of aromatic nitrogens is 3. The van der Waals surface area contributed by atoms with Crippen LogP contribution in [0.25, 0.3) is 11.4 Å². The van der Waals surface area contributed by atoms with Crippen molar-refractivity contribution in [2.45, 2.75) is 32.6 Å². The lowest BCUT2D eigenvalue weighted by Crippen LogP contribution is -2.32. The number of rotatable bonds is 5. The zero-order valence-corrected chi connectivity index (χ0v) is 14.1. The minimum absolute atomic E-state index is 0.111. The van der Waals surface area contributed by atoms with E-state index < -0.39 is 0 Å². The van der Waals surface area contributed by atoms with Crippen LogP contribution in [0.1, 0.15) is 41.9 Å². The Morgan fingerprint density at radius 1 is 1.33 bits per heavy atom. The molecule has 0 aliphatic heterocycles. The number of nitrogens with one attached hydrogen (secondary N) is 2. The molecule has 1 saturated carbocycles. The number of aryl methyl sites for hydroxylation is 1. The van der Waals surface area contributed by atoms with E-state index in [4.69, 9.17) is 5.73 Å². The number of H-pyrrole nitrogens is 1. The molecule has 6 heteroatoms. The zero-order chi connectivity index (χ0) is 16.9. The molecule has 2 aromatic heterocycles. The largest absolute Gasteiger partial charge is 0.350 e. The first-order valence-electron chi connectivity index (χ1n) is 8.62. The molecule has 0 atom stereocenters. The third kappa shape index (κ3) is 3.82. The van der Waals surface area contributed by atoms with Gasteiger partial charge < -0.3 is 16.0 Å². The van der Waals surface area contributed by atoms with Gasteiger partial charge in [-0.15, -0.1) is 0 Å². The molecule has 4 N–H and O–H groups in total. The van der Waals surface area contributed by atoms with Gasteiger partial charge in [-0.2, -0.15) is 0 Å². The molecule has 2 aromatic rings. The first kappa shape index (κ1) is 16.6. The van der Waals surface area contributed by atoms with Crippen LogP contribution in [-0.4, -0.2) is 33.9 Å². The SMILES string of the molecule is Cc1[nH]c(-c2cccnc2)nc1C(=O)NCC1CCC(CN)CC1. The monoisotopic (exact) mass is 327 g/mol. The molecular weight excluding hydrogens is 302 g/mol. The second kappa shape index (κ2) is 7.57. The quantitative estimate of drug-likeness (QED) is 0.785. The second-order valence-corrected chi connectivity index (χ2v) is 6.63. The number of aromatic amines is 1. The van der Waals surface area contributed by atoms with E-state index in [-0.39, 0.29) is 5.91 Å². The number of pyridine rings is 1. The van der Waals surface area contributed by atoms with Crippen molar-refractivity contribution in [1.82, 2.24) is 20.3 Å². The lowest BCUT2D eigenvalue weighted by Gasteiger charge is -2.27.